The number of thiazole rings is 1. The van der Waals surface area contributed by atoms with Gasteiger partial charge in [0.1, 0.15) is 11.5 Å². The zero-order valence-corrected chi connectivity index (χ0v) is 16.9. The Hall–Kier alpha value is -2.86. The van der Waals surface area contributed by atoms with E-state index in [0.29, 0.717) is 19.4 Å². The summed E-state index contributed by atoms with van der Waals surface area (Å²) < 4.78 is 10.3. The number of benzene rings is 2. The van der Waals surface area contributed by atoms with Crippen molar-refractivity contribution in [3.63, 3.8) is 0 Å². The van der Waals surface area contributed by atoms with E-state index in [1.165, 1.54) is 5.56 Å². The van der Waals surface area contributed by atoms with E-state index < -0.39 is 0 Å². The van der Waals surface area contributed by atoms with Gasteiger partial charge in [0, 0.05) is 30.3 Å². The normalized spacial score (nSPS) is 10.5. The van der Waals surface area contributed by atoms with Crippen LogP contribution in [0.2, 0.25) is 0 Å². The lowest BCUT2D eigenvalue weighted by molar-refractivity contribution is -0.121. The van der Waals surface area contributed by atoms with Crippen molar-refractivity contribution in [3.05, 3.63) is 64.5 Å². The molecule has 2 aromatic carbocycles. The topological polar surface area (TPSA) is 60.5 Å². The molecule has 5 nitrogen and oxygen atoms in total. The molecule has 0 radical (unpaired) electrons. The number of carbonyl (C=O) groups excluding carboxylic acids is 1. The number of methoxy groups -OCH3 is 2. The van der Waals surface area contributed by atoms with Gasteiger partial charge in [-0.2, -0.15) is 0 Å². The van der Waals surface area contributed by atoms with Crippen LogP contribution in [0.1, 0.15) is 17.0 Å². The highest BCUT2D eigenvalue weighted by atomic mass is 32.1. The molecule has 0 spiro atoms. The summed E-state index contributed by atoms with van der Waals surface area (Å²) in [6, 6.07) is 15.7. The fourth-order valence-electron chi connectivity index (χ4n) is 2.77. The molecule has 3 rings (SSSR count). The van der Waals surface area contributed by atoms with Gasteiger partial charge in [-0.25, -0.2) is 4.98 Å². The summed E-state index contributed by atoms with van der Waals surface area (Å²) in [5.74, 6) is 1.71. The van der Waals surface area contributed by atoms with Gasteiger partial charge in [0.2, 0.25) is 5.91 Å². The SMILES string of the molecule is COc1ccc(CCNC(=O)CCc2nc(-c3ccc(OC)cc3)cs2)cc1. The molecule has 1 aromatic heterocycles. The van der Waals surface area contributed by atoms with Crippen LogP contribution in [0, 0.1) is 0 Å². The van der Waals surface area contributed by atoms with Gasteiger partial charge in [0.05, 0.1) is 24.9 Å². The number of rotatable bonds is 9. The van der Waals surface area contributed by atoms with E-state index in [-0.39, 0.29) is 5.91 Å². The molecule has 6 heteroatoms. The summed E-state index contributed by atoms with van der Waals surface area (Å²) in [4.78, 5) is 16.7. The predicted octanol–water partition coefficient (Wildman–Crippen LogP) is 4.12. The van der Waals surface area contributed by atoms with Crippen molar-refractivity contribution in [2.24, 2.45) is 0 Å². The van der Waals surface area contributed by atoms with Crippen molar-refractivity contribution in [3.8, 4) is 22.8 Å². The number of ether oxygens (including phenoxy) is 2. The zero-order chi connectivity index (χ0) is 19.8. The van der Waals surface area contributed by atoms with Crippen LogP contribution in [-0.2, 0) is 17.6 Å². The monoisotopic (exact) mass is 396 g/mol. The molecule has 0 atom stereocenters. The largest absolute Gasteiger partial charge is 0.497 e. The fraction of sp³-hybridized carbons (Fsp3) is 0.273. The smallest absolute Gasteiger partial charge is 0.220 e. The lowest BCUT2D eigenvalue weighted by Gasteiger charge is -2.06. The van der Waals surface area contributed by atoms with Gasteiger partial charge in [-0.15, -0.1) is 11.3 Å². The van der Waals surface area contributed by atoms with Crippen LogP contribution >= 0.6 is 11.3 Å². The number of aryl methyl sites for hydroxylation is 1. The fourth-order valence-corrected chi connectivity index (χ4v) is 3.57. The Kier molecular flexibility index (Phi) is 7.03. The molecule has 3 aromatic rings. The van der Waals surface area contributed by atoms with E-state index in [1.54, 1.807) is 25.6 Å². The van der Waals surface area contributed by atoms with Crippen molar-refractivity contribution in [2.45, 2.75) is 19.3 Å². The van der Waals surface area contributed by atoms with Gasteiger partial charge in [-0.3, -0.25) is 4.79 Å². The van der Waals surface area contributed by atoms with Crippen molar-refractivity contribution >= 4 is 17.2 Å². The zero-order valence-electron chi connectivity index (χ0n) is 16.1. The molecule has 28 heavy (non-hydrogen) atoms. The first kappa shape index (κ1) is 19.9. The molecule has 0 aliphatic rings. The standard InChI is InChI=1S/C22H24N2O3S/c1-26-18-7-3-16(4-8-18)13-14-23-21(25)11-12-22-24-20(15-28-22)17-5-9-19(27-2)10-6-17/h3-10,15H,11-14H2,1-2H3,(H,23,25). The highest BCUT2D eigenvalue weighted by molar-refractivity contribution is 7.09. The molecule has 0 aliphatic heterocycles. The summed E-state index contributed by atoms with van der Waals surface area (Å²) in [6.07, 6.45) is 1.89. The highest BCUT2D eigenvalue weighted by Crippen LogP contribution is 2.24. The number of nitrogens with zero attached hydrogens (tertiary/aromatic N) is 1. The molecule has 1 heterocycles. The van der Waals surface area contributed by atoms with Crippen molar-refractivity contribution in [2.75, 3.05) is 20.8 Å². The number of aromatic nitrogens is 1. The third-order valence-corrected chi connectivity index (χ3v) is 5.31. The maximum Gasteiger partial charge on any atom is 0.220 e. The second kappa shape index (κ2) is 9.90. The van der Waals surface area contributed by atoms with Crippen LogP contribution < -0.4 is 14.8 Å². The van der Waals surface area contributed by atoms with Gasteiger partial charge in [0.25, 0.3) is 0 Å². The molecule has 1 amide bonds. The molecule has 1 N–H and O–H groups in total. The lowest BCUT2D eigenvalue weighted by Crippen LogP contribution is -2.25. The Morgan fingerprint density at radius 1 is 0.964 bits per heavy atom. The van der Waals surface area contributed by atoms with Crippen LogP contribution in [0.25, 0.3) is 11.3 Å². The molecule has 0 saturated carbocycles. The minimum atomic E-state index is 0.0507. The third kappa shape index (κ3) is 5.57. The van der Waals surface area contributed by atoms with Crippen molar-refractivity contribution < 1.29 is 14.3 Å². The maximum absolute atomic E-state index is 12.1. The third-order valence-electron chi connectivity index (χ3n) is 4.40. The van der Waals surface area contributed by atoms with Gasteiger partial charge < -0.3 is 14.8 Å². The molecule has 0 fully saturated rings. The van der Waals surface area contributed by atoms with E-state index in [2.05, 4.69) is 10.3 Å². The predicted molar refractivity (Wildman–Crippen MR) is 112 cm³/mol. The van der Waals surface area contributed by atoms with Gasteiger partial charge >= 0.3 is 0 Å². The average molecular weight is 397 g/mol. The molecule has 146 valence electrons. The highest BCUT2D eigenvalue weighted by Gasteiger charge is 2.08. The molecule has 0 aliphatic carbocycles. The number of carbonyl (C=O) groups is 1. The number of amides is 1. The molecule has 0 unspecified atom stereocenters. The van der Waals surface area contributed by atoms with Crippen LogP contribution in [0.4, 0.5) is 0 Å². The Morgan fingerprint density at radius 2 is 1.61 bits per heavy atom. The van der Waals surface area contributed by atoms with Crippen LogP contribution in [0.5, 0.6) is 11.5 Å². The van der Waals surface area contributed by atoms with E-state index in [1.807, 2.05) is 53.9 Å². The number of hydrogen-bond donors (Lipinski definition) is 1. The van der Waals surface area contributed by atoms with E-state index >= 15 is 0 Å². The summed E-state index contributed by atoms with van der Waals surface area (Å²) in [7, 11) is 3.30. The first-order valence-corrected chi connectivity index (χ1v) is 10.0. The van der Waals surface area contributed by atoms with Gasteiger partial charge in [-0.1, -0.05) is 12.1 Å². The molecular weight excluding hydrogens is 372 g/mol. The number of hydrogen-bond acceptors (Lipinski definition) is 5. The Balaban J connectivity index is 1.42. The quantitative estimate of drug-likeness (QED) is 0.591. The second-order valence-electron chi connectivity index (χ2n) is 6.30. The number of nitrogens with one attached hydrogen (secondary N) is 1. The van der Waals surface area contributed by atoms with Crippen molar-refractivity contribution in [1.82, 2.24) is 10.3 Å². The van der Waals surface area contributed by atoms with Gasteiger partial charge in [0.15, 0.2) is 0 Å². The summed E-state index contributed by atoms with van der Waals surface area (Å²) in [6.45, 7) is 0.625. The first-order chi connectivity index (χ1) is 13.7. The Labute approximate surface area is 169 Å². The lowest BCUT2D eigenvalue weighted by atomic mass is 10.1. The van der Waals surface area contributed by atoms with Gasteiger partial charge in [-0.05, 0) is 48.4 Å². The van der Waals surface area contributed by atoms with E-state index in [0.717, 1.165) is 34.2 Å². The van der Waals surface area contributed by atoms with Crippen molar-refractivity contribution in [1.29, 1.82) is 0 Å². The summed E-state index contributed by atoms with van der Waals surface area (Å²) in [5.41, 5.74) is 3.15. The molecule has 0 saturated heterocycles. The molecular formula is C22H24N2O3S. The van der Waals surface area contributed by atoms with E-state index in [9.17, 15) is 4.79 Å². The average Bonchev–Trinajstić information content (AvgIpc) is 3.22. The molecule has 0 bridgehead atoms. The maximum atomic E-state index is 12.1. The minimum absolute atomic E-state index is 0.0507. The second-order valence-corrected chi connectivity index (χ2v) is 7.25. The Morgan fingerprint density at radius 3 is 2.25 bits per heavy atom. The van der Waals surface area contributed by atoms with Crippen LogP contribution in [0.3, 0.4) is 0 Å². The minimum Gasteiger partial charge on any atom is -0.497 e. The van der Waals surface area contributed by atoms with Crippen LogP contribution in [0.15, 0.2) is 53.9 Å². The summed E-state index contributed by atoms with van der Waals surface area (Å²) in [5, 5.41) is 5.97. The van der Waals surface area contributed by atoms with Crippen LogP contribution in [-0.4, -0.2) is 31.7 Å². The Bertz CT molecular complexity index is 889. The summed E-state index contributed by atoms with van der Waals surface area (Å²) >= 11 is 1.59. The first-order valence-electron chi connectivity index (χ1n) is 9.16. The van der Waals surface area contributed by atoms with E-state index in [4.69, 9.17) is 9.47 Å².